The summed E-state index contributed by atoms with van der Waals surface area (Å²) in [5.41, 5.74) is 4.89. The fourth-order valence-corrected chi connectivity index (χ4v) is 4.33. The van der Waals surface area contributed by atoms with Gasteiger partial charge in [-0.2, -0.15) is 0 Å². The second kappa shape index (κ2) is 9.17. The molecule has 0 spiro atoms. The molecule has 0 aliphatic heterocycles. The van der Waals surface area contributed by atoms with Gasteiger partial charge in [0.2, 0.25) is 0 Å². The number of hydrogen-bond donors (Lipinski definition) is 1. The summed E-state index contributed by atoms with van der Waals surface area (Å²) in [5.74, 6) is 0. The van der Waals surface area contributed by atoms with Crippen molar-refractivity contribution in [3.8, 4) is 0 Å². The van der Waals surface area contributed by atoms with Crippen molar-refractivity contribution in [3.05, 3.63) is 94.0 Å². The highest BCUT2D eigenvalue weighted by Crippen LogP contribution is 2.30. The molecule has 0 fully saturated rings. The standard InChI is InChI=1S/C24H25Cl2N3/c1-29-16-27-15-23(29)24(17-9-11-20(25)12-10-17)28-22-8-3-2-5-19(14-22)18-6-4-7-21(26)13-18/h4,6-7,9-16,22,24,28H,2-3,5,8H2,1H3. The molecule has 4 rings (SSSR count). The van der Waals surface area contributed by atoms with Gasteiger partial charge in [-0.1, -0.05) is 60.0 Å². The maximum absolute atomic E-state index is 6.24. The van der Waals surface area contributed by atoms with Crippen molar-refractivity contribution in [3.63, 3.8) is 0 Å². The molecule has 0 amide bonds. The molecule has 0 bridgehead atoms. The molecule has 0 saturated carbocycles. The molecule has 29 heavy (non-hydrogen) atoms. The molecular formula is C24H25Cl2N3. The topological polar surface area (TPSA) is 29.9 Å². The van der Waals surface area contributed by atoms with Gasteiger partial charge in [0, 0.05) is 23.1 Å². The van der Waals surface area contributed by atoms with Crippen molar-refractivity contribution < 1.29 is 0 Å². The van der Waals surface area contributed by atoms with E-state index in [-0.39, 0.29) is 12.1 Å². The third kappa shape index (κ3) is 4.92. The van der Waals surface area contributed by atoms with Crippen molar-refractivity contribution in [2.45, 2.75) is 37.8 Å². The monoisotopic (exact) mass is 425 g/mol. The highest BCUT2D eigenvalue weighted by Gasteiger charge is 2.22. The van der Waals surface area contributed by atoms with Crippen LogP contribution in [0.3, 0.4) is 0 Å². The Kier molecular flexibility index (Phi) is 6.39. The van der Waals surface area contributed by atoms with E-state index in [1.54, 1.807) is 0 Å². The first kappa shape index (κ1) is 20.2. The summed E-state index contributed by atoms with van der Waals surface area (Å²) in [6.45, 7) is 0. The lowest BCUT2D eigenvalue weighted by Gasteiger charge is -2.25. The van der Waals surface area contributed by atoms with Crippen LogP contribution in [-0.2, 0) is 7.05 Å². The molecule has 2 atom stereocenters. The quantitative estimate of drug-likeness (QED) is 0.509. The van der Waals surface area contributed by atoms with Crippen molar-refractivity contribution in [1.82, 2.24) is 14.9 Å². The van der Waals surface area contributed by atoms with Crippen LogP contribution in [0.4, 0.5) is 0 Å². The molecule has 1 heterocycles. The molecule has 1 N–H and O–H groups in total. The number of aryl methyl sites for hydroxylation is 1. The van der Waals surface area contributed by atoms with Gasteiger partial charge in [-0.25, -0.2) is 4.98 Å². The zero-order chi connectivity index (χ0) is 20.2. The first-order chi connectivity index (χ1) is 14.1. The lowest BCUT2D eigenvalue weighted by atomic mass is 9.99. The van der Waals surface area contributed by atoms with E-state index in [2.05, 4.69) is 45.2 Å². The minimum absolute atomic E-state index is 0.0414. The average molecular weight is 426 g/mol. The molecule has 3 aromatic rings. The molecule has 2 aromatic carbocycles. The molecular weight excluding hydrogens is 401 g/mol. The van der Waals surface area contributed by atoms with Gasteiger partial charge in [0.05, 0.1) is 24.3 Å². The normalized spacial score (nSPS) is 18.2. The maximum atomic E-state index is 6.24. The summed E-state index contributed by atoms with van der Waals surface area (Å²) in [5, 5.41) is 5.40. The molecule has 1 aromatic heterocycles. The van der Waals surface area contributed by atoms with Gasteiger partial charge in [0.1, 0.15) is 0 Å². The van der Waals surface area contributed by atoms with Crippen LogP contribution in [0.1, 0.15) is 48.5 Å². The van der Waals surface area contributed by atoms with E-state index in [9.17, 15) is 0 Å². The van der Waals surface area contributed by atoms with Crippen LogP contribution in [0.5, 0.6) is 0 Å². The Hall–Kier alpha value is -2.07. The number of rotatable bonds is 5. The number of hydrogen-bond acceptors (Lipinski definition) is 2. The maximum Gasteiger partial charge on any atom is 0.0946 e. The van der Waals surface area contributed by atoms with Crippen molar-refractivity contribution in [1.29, 1.82) is 0 Å². The molecule has 150 valence electrons. The van der Waals surface area contributed by atoms with E-state index in [0.717, 1.165) is 28.6 Å². The summed E-state index contributed by atoms with van der Waals surface area (Å²) in [6, 6.07) is 16.5. The van der Waals surface area contributed by atoms with E-state index in [4.69, 9.17) is 23.2 Å². The van der Waals surface area contributed by atoms with Gasteiger partial charge in [-0.3, -0.25) is 5.32 Å². The Bertz CT molecular complexity index is 991. The second-order valence-corrected chi connectivity index (χ2v) is 8.51. The average Bonchev–Trinajstić information content (AvgIpc) is 3.00. The van der Waals surface area contributed by atoms with Crippen LogP contribution in [0.2, 0.25) is 10.0 Å². The summed E-state index contributed by atoms with van der Waals surface area (Å²) in [4.78, 5) is 4.34. The van der Waals surface area contributed by atoms with Crippen LogP contribution in [-0.4, -0.2) is 15.6 Å². The lowest BCUT2D eigenvalue weighted by Crippen LogP contribution is -2.33. The molecule has 0 saturated heterocycles. The van der Waals surface area contributed by atoms with Gasteiger partial charge in [-0.05, 0) is 60.2 Å². The van der Waals surface area contributed by atoms with E-state index < -0.39 is 0 Å². The Labute approximate surface area is 182 Å². The zero-order valence-corrected chi connectivity index (χ0v) is 18.0. The number of aromatic nitrogens is 2. The highest BCUT2D eigenvalue weighted by molar-refractivity contribution is 6.31. The third-order valence-electron chi connectivity index (χ3n) is 5.54. The summed E-state index contributed by atoms with van der Waals surface area (Å²) in [6.07, 6.45) is 10.7. The van der Waals surface area contributed by atoms with Gasteiger partial charge in [0.15, 0.2) is 0 Å². The number of imidazole rings is 1. The summed E-state index contributed by atoms with van der Waals surface area (Å²) < 4.78 is 2.07. The lowest BCUT2D eigenvalue weighted by molar-refractivity contribution is 0.483. The largest absolute Gasteiger partial charge is 0.336 e. The Balaban J connectivity index is 1.66. The molecule has 1 aliphatic rings. The smallest absolute Gasteiger partial charge is 0.0946 e. The van der Waals surface area contributed by atoms with Gasteiger partial charge in [-0.15, -0.1) is 0 Å². The first-order valence-electron chi connectivity index (χ1n) is 10.0. The fourth-order valence-electron chi connectivity index (χ4n) is 4.02. The predicted molar refractivity (Wildman–Crippen MR) is 121 cm³/mol. The number of nitrogens with zero attached hydrogens (tertiary/aromatic N) is 2. The van der Waals surface area contributed by atoms with Crippen LogP contribution < -0.4 is 5.32 Å². The number of allylic oxidation sites excluding steroid dienone is 1. The molecule has 1 aliphatic carbocycles. The Morgan fingerprint density at radius 2 is 1.90 bits per heavy atom. The zero-order valence-electron chi connectivity index (χ0n) is 16.5. The Morgan fingerprint density at radius 1 is 1.07 bits per heavy atom. The van der Waals surface area contributed by atoms with Crippen LogP contribution in [0.25, 0.3) is 5.57 Å². The van der Waals surface area contributed by atoms with E-state index in [1.165, 1.54) is 29.5 Å². The van der Waals surface area contributed by atoms with E-state index in [0.29, 0.717) is 0 Å². The minimum Gasteiger partial charge on any atom is -0.336 e. The van der Waals surface area contributed by atoms with Crippen molar-refractivity contribution in [2.75, 3.05) is 0 Å². The number of nitrogens with one attached hydrogen (secondary N) is 1. The van der Waals surface area contributed by atoms with Crippen molar-refractivity contribution >= 4 is 28.8 Å². The van der Waals surface area contributed by atoms with E-state index >= 15 is 0 Å². The van der Waals surface area contributed by atoms with Gasteiger partial charge in [0.25, 0.3) is 0 Å². The number of benzene rings is 2. The van der Waals surface area contributed by atoms with Gasteiger partial charge < -0.3 is 4.57 Å². The van der Waals surface area contributed by atoms with Crippen LogP contribution >= 0.6 is 23.2 Å². The summed E-state index contributed by atoms with van der Waals surface area (Å²) >= 11 is 12.4. The van der Waals surface area contributed by atoms with Gasteiger partial charge >= 0.3 is 0 Å². The SMILES string of the molecule is Cn1cncc1C(NC1C=C(c2cccc(Cl)c2)CCCC1)c1ccc(Cl)cc1. The minimum atomic E-state index is 0.0414. The van der Waals surface area contributed by atoms with E-state index in [1.807, 2.05) is 43.8 Å². The molecule has 0 radical (unpaired) electrons. The highest BCUT2D eigenvalue weighted by atomic mass is 35.5. The first-order valence-corrected chi connectivity index (χ1v) is 10.8. The summed E-state index contributed by atoms with van der Waals surface area (Å²) in [7, 11) is 2.03. The predicted octanol–water partition coefficient (Wildman–Crippen LogP) is 6.43. The fraction of sp³-hybridized carbons (Fsp3) is 0.292. The van der Waals surface area contributed by atoms with Crippen molar-refractivity contribution in [2.24, 2.45) is 7.05 Å². The van der Waals surface area contributed by atoms with Crippen LogP contribution in [0.15, 0.2) is 67.1 Å². The molecule has 3 nitrogen and oxygen atoms in total. The van der Waals surface area contributed by atoms with Crippen LogP contribution in [0, 0.1) is 0 Å². The molecule has 5 heteroatoms. The third-order valence-corrected chi connectivity index (χ3v) is 6.03. The Morgan fingerprint density at radius 3 is 2.62 bits per heavy atom. The second-order valence-electron chi connectivity index (χ2n) is 7.64. The molecule has 2 unspecified atom stereocenters. The number of halogens is 2.